The SMILES string of the molecule is COC(=O)CCCSc1n[nH]c(C)n1. The molecule has 0 unspecified atom stereocenters. The third kappa shape index (κ3) is 3.78. The Kier molecular flexibility index (Phi) is 4.45. The minimum Gasteiger partial charge on any atom is -0.469 e. The quantitative estimate of drug-likeness (QED) is 0.453. The minimum atomic E-state index is -0.170. The highest BCUT2D eigenvalue weighted by molar-refractivity contribution is 7.99. The molecular weight excluding hydrogens is 202 g/mol. The third-order valence-electron chi connectivity index (χ3n) is 1.56. The number of carbonyl (C=O) groups is 1. The molecule has 1 heterocycles. The van der Waals surface area contributed by atoms with Crippen LogP contribution in [0.2, 0.25) is 0 Å². The summed E-state index contributed by atoms with van der Waals surface area (Å²) in [5, 5.41) is 7.45. The van der Waals surface area contributed by atoms with Crippen molar-refractivity contribution in [3.63, 3.8) is 0 Å². The van der Waals surface area contributed by atoms with Crippen LogP contribution in [0.25, 0.3) is 0 Å². The normalized spacial score (nSPS) is 10.1. The number of carbonyl (C=O) groups excluding carboxylic acids is 1. The predicted molar refractivity (Wildman–Crippen MR) is 53.1 cm³/mol. The summed E-state index contributed by atoms with van der Waals surface area (Å²) in [5.41, 5.74) is 0. The van der Waals surface area contributed by atoms with Crippen molar-refractivity contribution < 1.29 is 9.53 Å². The Bertz CT molecular complexity index is 301. The van der Waals surface area contributed by atoms with Gasteiger partial charge in [0.1, 0.15) is 5.82 Å². The molecule has 0 aromatic carbocycles. The number of thioether (sulfide) groups is 1. The Morgan fingerprint density at radius 1 is 1.64 bits per heavy atom. The summed E-state index contributed by atoms with van der Waals surface area (Å²) in [6.07, 6.45) is 1.23. The van der Waals surface area contributed by atoms with Gasteiger partial charge in [0, 0.05) is 12.2 Å². The highest BCUT2D eigenvalue weighted by Gasteiger charge is 2.02. The monoisotopic (exact) mass is 215 g/mol. The maximum Gasteiger partial charge on any atom is 0.305 e. The van der Waals surface area contributed by atoms with E-state index in [0.29, 0.717) is 6.42 Å². The summed E-state index contributed by atoms with van der Waals surface area (Å²) in [5.74, 6) is 1.46. The van der Waals surface area contributed by atoms with Crippen molar-refractivity contribution in [3.8, 4) is 0 Å². The number of nitrogens with one attached hydrogen (secondary N) is 1. The second-order valence-corrected chi connectivity index (χ2v) is 3.79. The van der Waals surface area contributed by atoms with E-state index < -0.39 is 0 Å². The Morgan fingerprint density at radius 3 is 3.00 bits per heavy atom. The smallest absolute Gasteiger partial charge is 0.305 e. The summed E-state index contributed by atoms with van der Waals surface area (Å²) < 4.78 is 4.52. The van der Waals surface area contributed by atoms with Crippen LogP contribution in [0, 0.1) is 6.92 Å². The largest absolute Gasteiger partial charge is 0.469 e. The van der Waals surface area contributed by atoms with E-state index in [2.05, 4.69) is 19.9 Å². The number of hydrogen-bond donors (Lipinski definition) is 1. The lowest BCUT2D eigenvalue weighted by atomic mass is 10.3. The summed E-state index contributed by atoms with van der Waals surface area (Å²) in [6, 6.07) is 0. The Morgan fingerprint density at radius 2 is 2.43 bits per heavy atom. The number of aryl methyl sites for hydroxylation is 1. The third-order valence-corrected chi connectivity index (χ3v) is 2.49. The van der Waals surface area contributed by atoms with Gasteiger partial charge in [0.2, 0.25) is 5.16 Å². The fourth-order valence-corrected chi connectivity index (χ4v) is 1.65. The molecule has 0 radical (unpaired) electrons. The summed E-state index contributed by atoms with van der Waals surface area (Å²) in [6.45, 7) is 1.85. The van der Waals surface area contributed by atoms with E-state index in [1.165, 1.54) is 18.9 Å². The number of aromatic amines is 1. The zero-order valence-corrected chi connectivity index (χ0v) is 9.06. The van der Waals surface area contributed by atoms with E-state index in [1.807, 2.05) is 6.92 Å². The van der Waals surface area contributed by atoms with Crippen LogP contribution in [-0.4, -0.2) is 34.0 Å². The molecule has 0 atom stereocenters. The van der Waals surface area contributed by atoms with Crippen LogP contribution in [-0.2, 0) is 9.53 Å². The molecule has 1 aromatic rings. The lowest BCUT2D eigenvalue weighted by Gasteiger charge is -1.97. The van der Waals surface area contributed by atoms with Crippen molar-refractivity contribution >= 4 is 17.7 Å². The van der Waals surface area contributed by atoms with Crippen LogP contribution in [0.5, 0.6) is 0 Å². The molecule has 1 rings (SSSR count). The van der Waals surface area contributed by atoms with E-state index in [-0.39, 0.29) is 5.97 Å². The highest BCUT2D eigenvalue weighted by atomic mass is 32.2. The number of hydrogen-bond acceptors (Lipinski definition) is 5. The Balaban J connectivity index is 2.13. The predicted octanol–water partition coefficient (Wildman–Crippen LogP) is 1.16. The molecule has 0 saturated heterocycles. The van der Waals surface area contributed by atoms with Gasteiger partial charge in [0.15, 0.2) is 0 Å². The zero-order chi connectivity index (χ0) is 10.4. The number of methoxy groups -OCH3 is 1. The molecule has 0 amide bonds. The minimum absolute atomic E-state index is 0.170. The highest BCUT2D eigenvalue weighted by Crippen LogP contribution is 2.13. The summed E-state index contributed by atoms with van der Waals surface area (Å²) in [4.78, 5) is 14.9. The standard InChI is InChI=1S/C8H13N3O2S/c1-6-9-8(11-10-6)14-5-3-4-7(12)13-2/h3-5H2,1-2H3,(H,9,10,11). The van der Waals surface area contributed by atoms with Crippen LogP contribution >= 0.6 is 11.8 Å². The molecule has 0 aliphatic heterocycles. The molecule has 0 aliphatic carbocycles. The molecule has 6 heteroatoms. The fourth-order valence-electron chi connectivity index (χ4n) is 0.869. The molecule has 78 valence electrons. The van der Waals surface area contributed by atoms with Gasteiger partial charge in [-0.1, -0.05) is 11.8 Å². The van der Waals surface area contributed by atoms with Gasteiger partial charge >= 0.3 is 5.97 Å². The van der Waals surface area contributed by atoms with Crippen LogP contribution in [0.15, 0.2) is 5.16 Å². The molecule has 5 nitrogen and oxygen atoms in total. The van der Waals surface area contributed by atoms with Gasteiger partial charge in [-0.15, -0.1) is 5.10 Å². The average molecular weight is 215 g/mol. The first-order chi connectivity index (χ1) is 6.72. The van der Waals surface area contributed by atoms with Gasteiger partial charge in [0.25, 0.3) is 0 Å². The molecule has 0 fully saturated rings. The Labute approximate surface area is 86.6 Å². The molecule has 1 aromatic heterocycles. The van der Waals surface area contributed by atoms with Gasteiger partial charge in [0.05, 0.1) is 7.11 Å². The van der Waals surface area contributed by atoms with Crippen molar-refractivity contribution in [2.75, 3.05) is 12.9 Å². The zero-order valence-electron chi connectivity index (χ0n) is 8.24. The lowest BCUT2D eigenvalue weighted by molar-refractivity contribution is -0.140. The number of H-pyrrole nitrogens is 1. The van der Waals surface area contributed by atoms with Crippen LogP contribution in [0.3, 0.4) is 0 Å². The first-order valence-corrected chi connectivity index (χ1v) is 5.29. The first kappa shape index (κ1) is 11.0. The van der Waals surface area contributed by atoms with Gasteiger partial charge in [-0.05, 0) is 13.3 Å². The second kappa shape index (κ2) is 5.64. The molecular formula is C8H13N3O2S. The molecule has 0 bridgehead atoms. The van der Waals surface area contributed by atoms with Gasteiger partial charge in [-0.3, -0.25) is 9.89 Å². The van der Waals surface area contributed by atoms with Crippen molar-refractivity contribution in [1.82, 2.24) is 15.2 Å². The van der Waals surface area contributed by atoms with Gasteiger partial charge < -0.3 is 4.74 Å². The van der Waals surface area contributed by atoms with E-state index in [1.54, 1.807) is 0 Å². The maximum absolute atomic E-state index is 10.8. The van der Waals surface area contributed by atoms with E-state index in [9.17, 15) is 4.79 Å². The van der Waals surface area contributed by atoms with Gasteiger partial charge in [-0.2, -0.15) is 0 Å². The number of esters is 1. The summed E-state index contributed by atoms with van der Waals surface area (Å²) in [7, 11) is 1.40. The summed E-state index contributed by atoms with van der Waals surface area (Å²) >= 11 is 1.53. The molecule has 14 heavy (non-hydrogen) atoms. The van der Waals surface area contributed by atoms with E-state index in [0.717, 1.165) is 23.2 Å². The first-order valence-electron chi connectivity index (χ1n) is 4.31. The fraction of sp³-hybridized carbons (Fsp3) is 0.625. The molecule has 1 N–H and O–H groups in total. The second-order valence-electron chi connectivity index (χ2n) is 2.73. The van der Waals surface area contributed by atoms with Crippen molar-refractivity contribution in [2.45, 2.75) is 24.9 Å². The molecule has 0 saturated carbocycles. The van der Waals surface area contributed by atoms with E-state index in [4.69, 9.17) is 0 Å². The van der Waals surface area contributed by atoms with Crippen LogP contribution in [0.4, 0.5) is 0 Å². The lowest BCUT2D eigenvalue weighted by Crippen LogP contribution is -2.00. The topological polar surface area (TPSA) is 67.9 Å². The Hall–Kier alpha value is -1.04. The number of aromatic nitrogens is 3. The average Bonchev–Trinajstić information content (AvgIpc) is 2.58. The van der Waals surface area contributed by atoms with Crippen molar-refractivity contribution in [2.24, 2.45) is 0 Å². The number of ether oxygens (including phenoxy) is 1. The molecule has 0 aliphatic rings. The van der Waals surface area contributed by atoms with E-state index >= 15 is 0 Å². The molecule has 0 spiro atoms. The van der Waals surface area contributed by atoms with Gasteiger partial charge in [-0.25, -0.2) is 4.98 Å². The number of rotatable bonds is 5. The van der Waals surface area contributed by atoms with Crippen molar-refractivity contribution in [3.05, 3.63) is 5.82 Å². The maximum atomic E-state index is 10.8. The number of nitrogens with zero attached hydrogens (tertiary/aromatic N) is 2. The van der Waals surface area contributed by atoms with Crippen molar-refractivity contribution in [1.29, 1.82) is 0 Å². The van der Waals surface area contributed by atoms with Crippen LogP contribution < -0.4 is 0 Å². The van der Waals surface area contributed by atoms with Crippen LogP contribution in [0.1, 0.15) is 18.7 Å².